The molecule has 3 saturated carbocycles. The number of benzene rings is 1. The highest BCUT2D eigenvalue weighted by Crippen LogP contribution is 2.58. The van der Waals surface area contributed by atoms with E-state index in [2.05, 4.69) is 42.6 Å². The Kier molecular flexibility index (Phi) is 3.79. The van der Waals surface area contributed by atoms with E-state index in [4.69, 9.17) is 0 Å². The Morgan fingerprint density at radius 2 is 1.86 bits per heavy atom. The molecule has 6 unspecified atom stereocenters. The molecule has 4 rings (SSSR count). The number of aryl methyl sites for hydroxylation is 1. The van der Waals surface area contributed by atoms with Gasteiger partial charge in [-0.25, -0.2) is 0 Å². The van der Waals surface area contributed by atoms with Crippen LogP contribution in [-0.4, -0.2) is 12.1 Å². The fourth-order valence-electron chi connectivity index (χ4n) is 5.74. The van der Waals surface area contributed by atoms with Crippen molar-refractivity contribution in [3.63, 3.8) is 0 Å². The Hall–Kier alpha value is -0.820. The van der Waals surface area contributed by atoms with Gasteiger partial charge in [-0.2, -0.15) is 0 Å². The molecule has 0 aromatic heterocycles. The first-order chi connectivity index (χ1) is 10.3. The topological polar surface area (TPSA) is 12.0 Å². The van der Waals surface area contributed by atoms with E-state index in [1.54, 1.807) is 12.8 Å². The summed E-state index contributed by atoms with van der Waals surface area (Å²) in [5.74, 6) is 4.29. The largest absolute Gasteiger partial charge is 0.311 e. The normalized spacial score (nSPS) is 38.6. The summed E-state index contributed by atoms with van der Waals surface area (Å²) in [6.45, 7) is 2.39. The van der Waals surface area contributed by atoms with Gasteiger partial charge in [0.1, 0.15) is 0 Å². The van der Waals surface area contributed by atoms with Crippen LogP contribution in [0, 0.1) is 23.7 Å². The van der Waals surface area contributed by atoms with Crippen LogP contribution in [0.25, 0.3) is 0 Å². The molecule has 0 amide bonds. The maximum atomic E-state index is 3.99. The first-order valence-corrected chi connectivity index (χ1v) is 9.11. The SMILES string of the molecule is CC(CCc1ccccc1)NC1CC2CC1C1CCCC21. The van der Waals surface area contributed by atoms with Crippen LogP contribution in [0.2, 0.25) is 0 Å². The predicted octanol–water partition coefficient (Wildman–Crippen LogP) is 4.42. The maximum absolute atomic E-state index is 3.99. The standard InChI is InChI=1S/C20H29N/c1-14(10-11-15-6-3-2-4-7-15)21-20-13-16-12-19(20)18-9-5-8-17(16)18/h2-4,6-7,14,16-21H,5,8-13H2,1H3. The van der Waals surface area contributed by atoms with E-state index in [0.29, 0.717) is 6.04 Å². The summed E-state index contributed by atoms with van der Waals surface area (Å²) < 4.78 is 0. The van der Waals surface area contributed by atoms with Crippen molar-refractivity contribution in [3.05, 3.63) is 35.9 Å². The lowest BCUT2D eigenvalue weighted by Crippen LogP contribution is -2.43. The Labute approximate surface area is 129 Å². The predicted molar refractivity (Wildman–Crippen MR) is 88.2 cm³/mol. The summed E-state index contributed by atoms with van der Waals surface area (Å²) in [6.07, 6.45) is 10.1. The summed E-state index contributed by atoms with van der Waals surface area (Å²) in [6, 6.07) is 12.4. The van der Waals surface area contributed by atoms with Crippen LogP contribution < -0.4 is 5.32 Å². The van der Waals surface area contributed by atoms with Crippen LogP contribution in [-0.2, 0) is 6.42 Å². The third kappa shape index (κ3) is 2.65. The fraction of sp³-hybridized carbons (Fsp3) is 0.700. The molecule has 3 aliphatic carbocycles. The van der Waals surface area contributed by atoms with Gasteiger partial charge in [0, 0.05) is 12.1 Å². The lowest BCUT2D eigenvalue weighted by molar-refractivity contribution is 0.198. The average molecular weight is 283 g/mol. The molecule has 0 saturated heterocycles. The summed E-state index contributed by atoms with van der Waals surface area (Å²) in [4.78, 5) is 0. The monoisotopic (exact) mass is 283 g/mol. The van der Waals surface area contributed by atoms with E-state index < -0.39 is 0 Å². The molecular weight excluding hydrogens is 254 g/mol. The van der Waals surface area contributed by atoms with E-state index in [9.17, 15) is 0 Å². The third-order valence-electron chi connectivity index (χ3n) is 6.64. The van der Waals surface area contributed by atoms with Crippen LogP contribution in [0.15, 0.2) is 30.3 Å². The smallest absolute Gasteiger partial charge is 0.0103 e. The van der Waals surface area contributed by atoms with Crippen molar-refractivity contribution in [2.24, 2.45) is 23.7 Å². The lowest BCUT2D eigenvalue weighted by atomic mass is 9.79. The van der Waals surface area contributed by atoms with E-state index in [1.807, 2.05) is 0 Å². The molecule has 0 radical (unpaired) electrons. The quantitative estimate of drug-likeness (QED) is 0.843. The first kappa shape index (κ1) is 13.8. The molecule has 6 atom stereocenters. The molecular formula is C20H29N. The van der Waals surface area contributed by atoms with Gasteiger partial charge in [0.05, 0.1) is 0 Å². The second-order valence-corrected chi connectivity index (χ2v) is 7.85. The highest BCUT2D eigenvalue weighted by Gasteiger charge is 2.53. The van der Waals surface area contributed by atoms with Gasteiger partial charge < -0.3 is 5.32 Å². The van der Waals surface area contributed by atoms with Crippen molar-refractivity contribution in [1.29, 1.82) is 0 Å². The van der Waals surface area contributed by atoms with Crippen molar-refractivity contribution in [3.8, 4) is 0 Å². The van der Waals surface area contributed by atoms with Crippen molar-refractivity contribution in [1.82, 2.24) is 5.32 Å². The zero-order valence-electron chi connectivity index (χ0n) is 13.3. The minimum absolute atomic E-state index is 0.661. The van der Waals surface area contributed by atoms with Crippen molar-refractivity contribution in [2.75, 3.05) is 0 Å². The van der Waals surface area contributed by atoms with E-state index in [0.717, 1.165) is 29.7 Å². The summed E-state index contributed by atoms with van der Waals surface area (Å²) in [5, 5.41) is 3.99. The zero-order valence-corrected chi connectivity index (χ0v) is 13.3. The molecule has 1 nitrogen and oxygen atoms in total. The molecule has 0 aliphatic heterocycles. The van der Waals surface area contributed by atoms with E-state index in [1.165, 1.54) is 37.7 Å². The van der Waals surface area contributed by atoms with Crippen LogP contribution in [0.3, 0.4) is 0 Å². The molecule has 1 aromatic rings. The summed E-state index contributed by atoms with van der Waals surface area (Å²) in [5.41, 5.74) is 1.48. The van der Waals surface area contributed by atoms with Gasteiger partial charge >= 0.3 is 0 Å². The van der Waals surface area contributed by atoms with Gasteiger partial charge in [0.2, 0.25) is 0 Å². The van der Waals surface area contributed by atoms with Crippen LogP contribution >= 0.6 is 0 Å². The summed E-state index contributed by atoms with van der Waals surface area (Å²) in [7, 11) is 0. The van der Waals surface area contributed by atoms with E-state index >= 15 is 0 Å². The molecule has 2 bridgehead atoms. The average Bonchev–Trinajstić information content (AvgIpc) is 3.18. The molecule has 114 valence electrons. The molecule has 1 heteroatoms. The third-order valence-corrected chi connectivity index (χ3v) is 6.64. The minimum atomic E-state index is 0.661. The van der Waals surface area contributed by atoms with Gasteiger partial charge in [0.25, 0.3) is 0 Å². The highest BCUT2D eigenvalue weighted by atomic mass is 15.0. The molecule has 3 fully saturated rings. The Bertz CT molecular complexity index is 468. The molecule has 0 heterocycles. The molecule has 1 aromatic carbocycles. The highest BCUT2D eigenvalue weighted by molar-refractivity contribution is 5.14. The van der Waals surface area contributed by atoms with Crippen LogP contribution in [0.5, 0.6) is 0 Å². The maximum Gasteiger partial charge on any atom is 0.0103 e. The molecule has 3 aliphatic rings. The second kappa shape index (κ2) is 5.76. The van der Waals surface area contributed by atoms with E-state index in [-0.39, 0.29) is 0 Å². The Morgan fingerprint density at radius 1 is 1.05 bits per heavy atom. The number of rotatable bonds is 5. The molecule has 0 spiro atoms. The van der Waals surface area contributed by atoms with Gasteiger partial charge in [-0.3, -0.25) is 0 Å². The van der Waals surface area contributed by atoms with Gasteiger partial charge in [-0.15, -0.1) is 0 Å². The number of fused-ring (bicyclic) bond motifs is 5. The zero-order chi connectivity index (χ0) is 14.2. The second-order valence-electron chi connectivity index (χ2n) is 7.85. The van der Waals surface area contributed by atoms with Crippen molar-refractivity contribution in [2.45, 2.75) is 64.0 Å². The molecule has 1 N–H and O–H groups in total. The van der Waals surface area contributed by atoms with Crippen LogP contribution in [0.1, 0.15) is 51.0 Å². The lowest BCUT2D eigenvalue weighted by Gasteiger charge is -2.34. The minimum Gasteiger partial charge on any atom is -0.311 e. The fourth-order valence-corrected chi connectivity index (χ4v) is 5.74. The van der Waals surface area contributed by atoms with Gasteiger partial charge in [-0.05, 0) is 74.7 Å². The Balaban J connectivity index is 1.29. The summed E-state index contributed by atoms with van der Waals surface area (Å²) >= 11 is 0. The molecule has 21 heavy (non-hydrogen) atoms. The number of hydrogen-bond donors (Lipinski definition) is 1. The van der Waals surface area contributed by atoms with Crippen LogP contribution in [0.4, 0.5) is 0 Å². The Morgan fingerprint density at radius 3 is 2.71 bits per heavy atom. The van der Waals surface area contributed by atoms with Crippen molar-refractivity contribution < 1.29 is 0 Å². The number of nitrogens with one attached hydrogen (secondary N) is 1. The van der Waals surface area contributed by atoms with Gasteiger partial charge in [-0.1, -0.05) is 36.8 Å². The van der Waals surface area contributed by atoms with Crippen molar-refractivity contribution >= 4 is 0 Å². The first-order valence-electron chi connectivity index (χ1n) is 9.11. The number of hydrogen-bond acceptors (Lipinski definition) is 1. The van der Waals surface area contributed by atoms with Gasteiger partial charge in [0.15, 0.2) is 0 Å².